The Balaban J connectivity index is 3.15. The summed E-state index contributed by atoms with van der Waals surface area (Å²) >= 11 is 0. The highest BCUT2D eigenvalue weighted by atomic mass is 14.7. The highest BCUT2D eigenvalue weighted by molar-refractivity contribution is 6.04. The molecule has 0 radical (unpaired) electrons. The molecule has 0 bridgehead atoms. The maximum absolute atomic E-state index is 3.11. The highest BCUT2D eigenvalue weighted by Gasteiger charge is 2.05. The van der Waals surface area contributed by atoms with Gasteiger partial charge in [-0.1, -0.05) is 20.8 Å². The van der Waals surface area contributed by atoms with E-state index in [1.807, 2.05) is 7.98 Å². The van der Waals surface area contributed by atoms with Gasteiger partial charge in [0.1, 0.15) is 0 Å². The summed E-state index contributed by atoms with van der Waals surface area (Å²) in [5.41, 5.74) is 0.439. The Morgan fingerprint density at radius 3 is 1.86 bits per heavy atom. The van der Waals surface area contributed by atoms with Crippen LogP contribution in [0.25, 0.3) is 0 Å². The number of nitrogens with one attached hydrogen (secondary N) is 1. The van der Waals surface area contributed by atoms with Crippen molar-refractivity contribution in [3.8, 4) is 0 Å². The van der Waals surface area contributed by atoms with Crippen LogP contribution < -0.4 is 5.23 Å². The molecule has 0 atom stereocenters. The van der Waals surface area contributed by atoms with E-state index >= 15 is 0 Å². The second-order valence-corrected chi connectivity index (χ2v) is 3.09. The van der Waals surface area contributed by atoms with Gasteiger partial charge in [-0.2, -0.15) is 0 Å². The highest BCUT2D eigenvalue weighted by Crippen LogP contribution is 2.09. The van der Waals surface area contributed by atoms with Crippen molar-refractivity contribution in [2.45, 2.75) is 20.8 Å². The van der Waals surface area contributed by atoms with Crippen LogP contribution in [0.3, 0.4) is 0 Å². The summed E-state index contributed by atoms with van der Waals surface area (Å²) in [5, 5.41) is 3.11. The molecule has 7 heavy (non-hydrogen) atoms. The maximum atomic E-state index is 3.11. The normalized spacial score (nSPS) is 11.9. The van der Waals surface area contributed by atoms with Crippen molar-refractivity contribution in [2.75, 3.05) is 6.54 Å². The first-order chi connectivity index (χ1) is 3.06. The molecule has 1 N–H and O–H groups in total. The van der Waals surface area contributed by atoms with Crippen LogP contribution in [0.2, 0.25) is 0 Å². The molecule has 0 aromatic heterocycles. The maximum Gasteiger partial charge on any atom is 0.181 e. The summed E-state index contributed by atoms with van der Waals surface area (Å²) < 4.78 is 0. The molecule has 0 aromatic carbocycles. The van der Waals surface area contributed by atoms with Gasteiger partial charge in [-0.05, 0) is 12.0 Å². The fourth-order valence-electron chi connectivity index (χ4n) is 0.530. The third kappa shape index (κ3) is 6.02. The molecule has 0 saturated heterocycles. The first kappa shape index (κ1) is 7.02. The van der Waals surface area contributed by atoms with E-state index in [-0.39, 0.29) is 0 Å². The summed E-state index contributed by atoms with van der Waals surface area (Å²) in [7, 11) is 1.98. The van der Waals surface area contributed by atoms with Crippen molar-refractivity contribution in [1.29, 1.82) is 0 Å². The second-order valence-electron chi connectivity index (χ2n) is 3.09. The second kappa shape index (κ2) is 2.36. The monoisotopic (exact) mass is 99.1 g/mol. The lowest BCUT2D eigenvalue weighted by Crippen LogP contribution is -2.24. The first-order valence-electron chi connectivity index (χ1n) is 2.71. The molecule has 0 aliphatic carbocycles. The predicted molar refractivity (Wildman–Crippen MR) is 36.0 cm³/mol. The molecule has 0 saturated carbocycles. The van der Waals surface area contributed by atoms with Gasteiger partial charge in [0.25, 0.3) is 0 Å². The minimum absolute atomic E-state index is 0.439. The zero-order chi connectivity index (χ0) is 5.91. The van der Waals surface area contributed by atoms with Crippen LogP contribution in [0.15, 0.2) is 0 Å². The quantitative estimate of drug-likeness (QED) is 0.462. The van der Waals surface area contributed by atoms with E-state index < -0.39 is 0 Å². The average molecular weight is 99.0 g/mol. The van der Waals surface area contributed by atoms with Crippen molar-refractivity contribution in [3.63, 3.8) is 0 Å². The fraction of sp³-hybridized carbons (Fsp3) is 1.00. The summed E-state index contributed by atoms with van der Waals surface area (Å²) in [6.07, 6.45) is 0. The Labute approximate surface area is 46.9 Å². The molecule has 0 rings (SSSR count). The standard InChI is InChI=1S/C5H14BN/c1-5(2,3)4-7-6/h7H,4,6H2,1-3H3. The van der Waals surface area contributed by atoms with E-state index in [4.69, 9.17) is 0 Å². The van der Waals surface area contributed by atoms with Gasteiger partial charge in [-0.15, -0.1) is 0 Å². The zero-order valence-corrected chi connectivity index (χ0v) is 5.71. The molecule has 0 fully saturated rings. The Morgan fingerprint density at radius 1 is 1.43 bits per heavy atom. The van der Waals surface area contributed by atoms with Crippen LogP contribution in [0.1, 0.15) is 20.8 Å². The SMILES string of the molecule is BNCC(C)(C)C. The Hall–Kier alpha value is 0.0249. The third-order valence-electron chi connectivity index (χ3n) is 0.707. The van der Waals surface area contributed by atoms with E-state index in [2.05, 4.69) is 26.0 Å². The van der Waals surface area contributed by atoms with Crippen LogP contribution >= 0.6 is 0 Å². The van der Waals surface area contributed by atoms with Gasteiger partial charge in [-0.25, -0.2) is 0 Å². The number of rotatable bonds is 1. The molecule has 0 aromatic rings. The molecule has 0 aliphatic heterocycles. The largest absolute Gasteiger partial charge is 0.361 e. The molecule has 0 unspecified atom stereocenters. The zero-order valence-electron chi connectivity index (χ0n) is 5.71. The smallest absolute Gasteiger partial charge is 0.181 e. The molecular weight excluding hydrogens is 84.9 g/mol. The van der Waals surface area contributed by atoms with Crippen LogP contribution in [-0.4, -0.2) is 14.5 Å². The molecule has 2 heteroatoms. The fourth-order valence-corrected chi connectivity index (χ4v) is 0.530. The Bertz CT molecular complexity index is 46.5. The summed E-state index contributed by atoms with van der Waals surface area (Å²) in [4.78, 5) is 0. The van der Waals surface area contributed by atoms with Crippen LogP contribution in [0, 0.1) is 5.41 Å². The molecule has 0 heterocycles. The minimum atomic E-state index is 0.439. The topological polar surface area (TPSA) is 12.0 Å². The van der Waals surface area contributed by atoms with Crippen LogP contribution in [0.5, 0.6) is 0 Å². The summed E-state index contributed by atoms with van der Waals surface area (Å²) in [6, 6.07) is 0. The average Bonchev–Trinajstić information content (AvgIpc) is 1.30. The van der Waals surface area contributed by atoms with Gasteiger partial charge in [0.2, 0.25) is 0 Å². The molecule has 0 aliphatic rings. The molecule has 0 amide bonds. The van der Waals surface area contributed by atoms with E-state index in [9.17, 15) is 0 Å². The van der Waals surface area contributed by atoms with Gasteiger partial charge in [0.05, 0.1) is 0 Å². The van der Waals surface area contributed by atoms with Gasteiger partial charge in [0.15, 0.2) is 7.98 Å². The Kier molecular flexibility index (Phi) is 2.37. The van der Waals surface area contributed by atoms with Crippen molar-refractivity contribution in [2.24, 2.45) is 5.41 Å². The van der Waals surface area contributed by atoms with Crippen molar-refractivity contribution in [1.82, 2.24) is 5.23 Å². The van der Waals surface area contributed by atoms with E-state index in [0.29, 0.717) is 5.41 Å². The van der Waals surface area contributed by atoms with Crippen LogP contribution in [-0.2, 0) is 0 Å². The minimum Gasteiger partial charge on any atom is -0.361 e. The summed E-state index contributed by atoms with van der Waals surface area (Å²) in [5.74, 6) is 0. The molecular formula is C5H14BN. The summed E-state index contributed by atoms with van der Waals surface area (Å²) in [6.45, 7) is 7.73. The van der Waals surface area contributed by atoms with E-state index in [1.165, 1.54) is 0 Å². The van der Waals surface area contributed by atoms with E-state index in [1.54, 1.807) is 0 Å². The van der Waals surface area contributed by atoms with Crippen molar-refractivity contribution < 1.29 is 0 Å². The molecule has 42 valence electrons. The lowest BCUT2D eigenvalue weighted by molar-refractivity contribution is 0.413. The lowest BCUT2D eigenvalue weighted by atomic mass is 9.96. The molecule has 0 spiro atoms. The van der Waals surface area contributed by atoms with Gasteiger partial charge in [-0.3, -0.25) is 0 Å². The number of hydrogen-bond acceptors (Lipinski definition) is 1. The van der Waals surface area contributed by atoms with Gasteiger partial charge < -0.3 is 5.23 Å². The first-order valence-corrected chi connectivity index (χ1v) is 2.71. The molecule has 1 nitrogen and oxygen atoms in total. The van der Waals surface area contributed by atoms with Crippen molar-refractivity contribution >= 4 is 7.98 Å². The Morgan fingerprint density at radius 2 is 1.86 bits per heavy atom. The predicted octanol–water partition coefficient (Wildman–Crippen LogP) is 0.170. The van der Waals surface area contributed by atoms with Gasteiger partial charge >= 0.3 is 0 Å². The lowest BCUT2D eigenvalue weighted by Gasteiger charge is -2.16. The number of hydrogen-bond donors (Lipinski definition) is 1. The van der Waals surface area contributed by atoms with Crippen LogP contribution in [0.4, 0.5) is 0 Å². The van der Waals surface area contributed by atoms with Gasteiger partial charge in [0, 0.05) is 0 Å². The van der Waals surface area contributed by atoms with Crippen molar-refractivity contribution in [3.05, 3.63) is 0 Å². The third-order valence-corrected chi connectivity index (χ3v) is 0.707. The van der Waals surface area contributed by atoms with E-state index in [0.717, 1.165) is 6.54 Å².